The highest BCUT2D eigenvalue weighted by Gasteiger charge is 2.38. The van der Waals surface area contributed by atoms with Gasteiger partial charge in [0.05, 0.1) is 17.9 Å². The maximum absolute atomic E-state index is 10.6. The number of rotatable bonds is 8. The van der Waals surface area contributed by atoms with Gasteiger partial charge in [0.2, 0.25) is 0 Å². The first-order valence-corrected chi connectivity index (χ1v) is 8.92. The Labute approximate surface area is 163 Å². The molecule has 28 heavy (non-hydrogen) atoms. The van der Waals surface area contributed by atoms with Crippen LogP contribution < -0.4 is 19.5 Å². The number of aromatic nitrogens is 1. The third-order valence-corrected chi connectivity index (χ3v) is 4.39. The molecular formula is C20H24N2O6. The predicted octanol–water partition coefficient (Wildman–Crippen LogP) is 2.95. The minimum atomic E-state index is -1.08. The Morgan fingerprint density at radius 3 is 2.79 bits per heavy atom. The fourth-order valence-corrected chi connectivity index (χ4v) is 3.03. The zero-order valence-electron chi connectivity index (χ0n) is 16.1. The van der Waals surface area contributed by atoms with Crippen molar-refractivity contribution in [3.05, 3.63) is 47.8 Å². The molecule has 3 rings (SSSR count). The summed E-state index contributed by atoms with van der Waals surface area (Å²) in [5.41, 5.74) is 1.29. The van der Waals surface area contributed by atoms with Crippen LogP contribution in [0.25, 0.3) is 0 Å². The van der Waals surface area contributed by atoms with E-state index in [4.69, 9.17) is 24.1 Å². The average Bonchev–Trinajstić information content (AvgIpc) is 3.01. The van der Waals surface area contributed by atoms with Crippen LogP contribution in [0.3, 0.4) is 0 Å². The number of carboxylic acid groups (broad SMARTS) is 1. The summed E-state index contributed by atoms with van der Waals surface area (Å²) in [6.07, 6.45) is 1.24. The summed E-state index contributed by atoms with van der Waals surface area (Å²) in [6, 6.07) is 9.08. The van der Waals surface area contributed by atoms with Crippen LogP contribution in [-0.2, 0) is 16.8 Å². The van der Waals surface area contributed by atoms with Crippen LogP contribution in [-0.4, -0.2) is 42.7 Å². The van der Waals surface area contributed by atoms with E-state index in [1.54, 1.807) is 26.3 Å². The largest absolute Gasteiger partial charge is 0.490 e. The Bertz CT molecular complexity index is 826. The SMILES string of the molecule is COCOc1ccc2c(c1)OC(C)(c1ccc(OC[C@H](C)NC(=O)O)cn1)C2. The van der Waals surface area contributed by atoms with Crippen molar-refractivity contribution in [1.82, 2.24) is 10.3 Å². The first-order chi connectivity index (χ1) is 13.4. The Morgan fingerprint density at radius 1 is 1.32 bits per heavy atom. The number of hydrogen-bond donors (Lipinski definition) is 2. The molecule has 1 aromatic heterocycles. The number of ether oxygens (including phenoxy) is 4. The van der Waals surface area contributed by atoms with E-state index in [0.29, 0.717) is 17.9 Å². The van der Waals surface area contributed by atoms with E-state index in [-0.39, 0.29) is 19.4 Å². The molecule has 0 bridgehead atoms. The third-order valence-electron chi connectivity index (χ3n) is 4.39. The fraction of sp³-hybridized carbons (Fsp3) is 0.400. The second kappa shape index (κ2) is 8.35. The molecule has 0 aliphatic carbocycles. The number of hydrogen-bond acceptors (Lipinski definition) is 6. The first kappa shape index (κ1) is 19.8. The van der Waals surface area contributed by atoms with Gasteiger partial charge in [-0.2, -0.15) is 0 Å². The lowest BCUT2D eigenvalue weighted by Gasteiger charge is -2.23. The van der Waals surface area contributed by atoms with Gasteiger partial charge in [-0.3, -0.25) is 4.98 Å². The molecule has 0 radical (unpaired) electrons. The van der Waals surface area contributed by atoms with Crippen molar-refractivity contribution in [2.45, 2.75) is 31.9 Å². The molecule has 1 aliphatic heterocycles. The van der Waals surface area contributed by atoms with Crippen LogP contribution in [0.4, 0.5) is 4.79 Å². The van der Waals surface area contributed by atoms with Crippen molar-refractivity contribution in [1.29, 1.82) is 0 Å². The van der Waals surface area contributed by atoms with Crippen molar-refractivity contribution in [3.8, 4) is 17.2 Å². The molecule has 2 heterocycles. The summed E-state index contributed by atoms with van der Waals surface area (Å²) in [6.45, 7) is 4.12. The van der Waals surface area contributed by atoms with E-state index < -0.39 is 11.7 Å². The Kier molecular flexibility index (Phi) is 5.89. The molecule has 2 aromatic rings. The Balaban J connectivity index is 1.64. The molecule has 1 amide bonds. The summed E-state index contributed by atoms with van der Waals surface area (Å²) in [7, 11) is 1.57. The van der Waals surface area contributed by atoms with E-state index in [9.17, 15) is 4.79 Å². The summed E-state index contributed by atoms with van der Waals surface area (Å²) in [5, 5.41) is 11.0. The monoisotopic (exact) mass is 388 g/mol. The molecule has 8 heteroatoms. The standard InChI is InChI=1S/C20H24N2O6/c1-13(22-19(23)24)11-26-16-6-7-18(21-10-16)20(2)9-14-4-5-15(27-12-25-3)8-17(14)28-20/h4-8,10,13,22H,9,11-12H2,1-3H3,(H,23,24)/t13-,20?/m0/s1. The van der Waals surface area contributed by atoms with Crippen LogP contribution >= 0.6 is 0 Å². The fourth-order valence-electron chi connectivity index (χ4n) is 3.03. The van der Waals surface area contributed by atoms with E-state index in [0.717, 1.165) is 17.0 Å². The Hall–Kier alpha value is -3.00. The molecule has 1 unspecified atom stereocenters. The molecular weight excluding hydrogens is 364 g/mol. The molecule has 0 spiro atoms. The molecule has 0 fully saturated rings. The van der Waals surface area contributed by atoms with E-state index in [1.807, 2.05) is 31.2 Å². The molecule has 1 aromatic carbocycles. The maximum atomic E-state index is 10.6. The number of benzene rings is 1. The lowest BCUT2D eigenvalue weighted by Crippen LogP contribution is -2.35. The highest BCUT2D eigenvalue weighted by molar-refractivity contribution is 5.64. The number of nitrogens with one attached hydrogen (secondary N) is 1. The van der Waals surface area contributed by atoms with Crippen LogP contribution in [0.15, 0.2) is 36.5 Å². The molecule has 150 valence electrons. The smallest absolute Gasteiger partial charge is 0.404 e. The second-order valence-electron chi connectivity index (χ2n) is 6.87. The first-order valence-electron chi connectivity index (χ1n) is 8.92. The molecule has 2 atom stereocenters. The molecule has 8 nitrogen and oxygen atoms in total. The summed E-state index contributed by atoms with van der Waals surface area (Å²) in [5.74, 6) is 2.02. The zero-order valence-corrected chi connectivity index (χ0v) is 16.1. The predicted molar refractivity (Wildman–Crippen MR) is 101 cm³/mol. The number of nitrogens with zero attached hydrogens (tertiary/aromatic N) is 1. The highest BCUT2D eigenvalue weighted by Crippen LogP contribution is 2.42. The van der Waals surface area contributed by atoms with Crippen LogP contribution in [0.2, 0.25) is 0 Å². The molecule has 0 saturated heterocycles. The van der Waals surface area contributed by atoms with E-state index >= 15 is 0 Å². The number of carbonyl (C=O) groups is 1. The van der Waals surface area contributed by atoms with E-state index in [1.165, 1.54) is 0 Å². The molecule has 2 N–H and O–H groups in total. The van der Waals surface area contributed by atoms with Crippen molar-refractivity contribution in [2.75, 3.05) is 20.5 Å². The van der Waals surface area contributed by atoms with Crippen LogP contribution in [0.5, 0.6) is 17.2 Å². The number of pyridine rings is 1. The minimum Gasteiger partial charge on any atom is -0.490 e. The average molecular weight is 388 g/mol. The van der Waals surface area contributed by atoms with E-state index in [2.05, 4.69) is 10.3 Å². The number of amides is 1. The van der Waals surface area contributed by atoms with Gasteiger partial charge in [0, 0.05) is 19.6 Å². The zero-order chi connectivity index (χ0) is 20.1. The summed E-state index contributed by atoms with van der Waals surface area (Å²) >= 11 is 0. The van der Waals surface area contributed by atoms with Gasteiger partial charge in [-0.15, -0.1) is 0 Å². The van der Waals surface area contributed by atoms with Gasteiger partial charge in [-0.25, -0.2) is 4.79 Å². The lowest BCUT2D eigenvalue weighted by atomic mass is 9.95. The van der Waals surface area contributed by atoms with Gasteiger partial charge in [0.25, 0.3) is 0 Å². The topological polar surface area (TPSA) is 99.1 Å². The number of fused-ring (bicyclic) bond motifs is 1. The minimum absolute atomic E-state index is 0.180. The molecule has 1 aliphatic rings. The van der Waals surface area contributed by atoms with Crippen molar-refractivity contribution < 1.29 is 28.8 Å². The lowest BCUT2D eigenvalue weighted by molar-refractivity contribution is 0.0506. The summed E-state index contributed by atoms with van der Waals surface area (Å²) in [4.78, 5) is 15.1. The highest BCUT2D eigenvalue weighted by atomic mass is 16.7. The second-order valence-corrected chi connectivity index (χ2v) is 6.87. The van der Waals surface area contributed by atoms with Crippen molar-refractivity contribution in [3.63, 3.8) is 0 Å². The van der Waals surface area contributed by atoms with Gasteiger partial charge in [0.15, 0.2) is 12.4 Å². The Morgan fingerprint density at radius 2 is 2.11 bits per heavy atom. The quantitative estimate of drug-likeness (QED) is 0.671. The van der Waals surface area contributed by atoms with Crippen molar-refractivity contribution >= 4 is 6.09 Å². The summed E-state index contributed by atoms with van der Waals surface area (Å²) < 4.78 is 22.1. The van der Waals surface area contributed by atoms with Gasteiger partial charge in [-0.05, 0) is 37.6 Å². The number of methoxy groups -OCH3 is 1. The normalized spacial score (nSPS) is 18.7. The van der Waals surface area contributed by atoms with Crippen LogP contribution in [0, 0.1) is 0 Å². The van der Waals surface area contributed by atoms with Gasteiger partial charge >= 0.3 is 6.09 Å². The maximum Gasteiger partial charge on any atom is 0.404 e. The van der Waals surface area contributed by atoms with Crippen molar-refractivity contribution in [2.24, 2.45) is 0 Å². The van der Waals surface area contributed by atoms with Gasteiger partial charge in [-0.1, -0.05) is 6.07 Å². The van der Waals surface area contributed by atoms with Gasteiger partial charge in [0.1, 0.15) is 23.9 Å². The molecule has 0 saturated carbocycles. The van der Waals surface area contributed by atoms with Gasteiger partial charge < -0.3 is 29.4 Å². The van der Waals surface area contributed by atoms with Crippen LogP contribution in [0.1, 0.15) is 25.1 Å². The third kappa shape index (κ3) is 4.64.